The van der Waals surface area contributed by atoms with Gasteiger partial charge in [0.25, 0.3) is 0 Å². The molecule has 4 aromatic rings. The van der Waals surface area contributed by atoms with Crippen LogP contribution in [0.1, 0.15) is 54.1 Å². The monoisotopic (exact) mass is 441 g/mol. The van der Waals surface area contributed by atoms with Crippen molar-refractivity contribution in [1.82, 2.24) is 9.55 Å². The molecule has 0 spiro atoms. The Bertz CT molecular complexity index is 1280. The van der Waals surface area contributed by atoms with E-state index < -0.39 is 5.97 Å². The van der Waals surface area contributed by atoms with Gasteiger partial charge in [-0.1, -0.05) is 49.6 Å². The fourth-order valence-corrected chi connectivity index (χ4v) is 5.01. The van der Waals surface area contributed by atoms with Crippen molar-refractivity contribution in [2.45, 2.75) is 38.1 Å². The lowest BCUT2D eigenvalue weighted by Gasteiger charge is -2.33. The molecule has 6 nitrogen and oxygen atoms in total. The van der Waals surface area contributed by atoms with Gasteiger partial charge in [0, 0.05) is 6.07 Å². The van der Waals surface area contributed by atoms with Gasteiger partial charge in [-0.15, -0.1) is 0 Å². The van der Waals surface area contributed by atoms with Crippen molar-refractivity contribution < 1.29 is 14.6 Å². The highest BCUT2D eigenvalue weighted by Crippen LogP contribution is 2.41. The van der Waals surface area contributed by atoms with Crippen LogP contribution in [0, 0.1) is 5.92 Å². The average Bonchev–Trinajstić information content (AvgIpc) is 3.16. The van der Waals surface area contributed by atoms with Crippen LogP contribution in [-0.4, -0.2) is 20.6 Å². The quantitative estimate of drug-likeness (QED) is 0.367. The third-order valence-electron chi connectivity index (χ3n) is 6.52. The van der Waals surface area contributed by atoms with E-state index in [1.54, 1.807) is 12.1 Å². The lowest BCUT2D eigenvalue weighted by Crippen LogP contribution is -2.24. The van der Waals surface area contributed by atoms with E-state index in [4.69, 9.17) is 10.5 Å². The van der Waals surface area contributed by atoms with Gasteiger partial charge in [0.15, 0.2) is 0 Å². The molecule has 1 fully saturated rings. The number of carboxylic acids is 1. The van der Waals surface area contributed by atoms with Crippen LogP contribution in [0.25, 0.3) is 11.0 Å². The maximum Gasteiger partial charge on any atom is 0.335 e. The first-order valence-electron chi connectivity index (χ1n) is 11.4. The van der Waals surface area contributed by atoms with Gasteiger partial charge in [0.05, 0.1) is 22.6 Å². The summed E-state index contributed by atoms with van der Waals surface area (Å²) < 4.78 is 8.15. The van der Waals surface area contributed by atoms with Crippen molar-refractivity contribution in [3.63, 3.8) is 0 Å². The fraction of sp³-hybridized carbons (Fsp3) is 0.259. The number of nitrogens with two attached hydrogens (primary N) is 1. The van der Waals surface area contributed by atoms with Crippen LogP contribution < -0.4 is 10.5 Å². The summed E-state index contributed by atoms with van der Waals surface area (Å²) in [5, 5.41) is 9.57. The minimum Gasteiger partial charge on any atom is -0.478 e. The number of rotatable bonds is 6. The fourth-order valence-electron chi connectivity index (χ4n) is 5.01. The molecule has 1 unspecified atom stereocenters. The molecule has 0 bridgehead atoms. The predicted molar refractivity (Wildman–Crippen MR) is 129 cm³/mol. The van der Waals surface area contributed by atoms with E-state index in [-0.39, 0.29) is 11.6 Å². The summed E-state index contributed by atoms with van der Waals surface area (Å²) in [6, 6.07) is 22.6. The van der Waals surface area contributed by atoms with E-state index in [0.717, 1.165) is 48.0 Å². The molecule has 5 rings (SSSR count). The van der Waals surface area contributed by atoms with Crippen molar-refractivity contribution >= 4 is 23.0 Å². The third-order valence-corrected chi connectivity index (χ3v) is 6.52. The Hall–Kier alpha value is -3.80. The molecule has 0 aliphatic heterocycles. The molecule has 1 aliphatic carbocycles. The molecular formula is C27H27N3O3. The van der Waals surface area contributed by atoms with E-state index in [1.807, 2.05) is 60.7 Å². The average molecular weight is 442 g/mol. The van der Waals surface area contributed by atoms with Gasteiger partial charge in [-0.25, -0.2) is 9.78 Å². The second-order valence-corrected chi connectivity index (χ2v) is 8.68. The van der Waals surface area contributed by atoms with E-state index >= 15 is 0 Å². The number of nitrogens with zero attached hydrogens (tertiary/aromatic N) is 2. The van der Waals surface area contributed by atoms with Crippen molar-refractivity contribution in [3.8, 4) is 11.5 Å². The molecule has 1 saturated carbocycles. The van der Waals surface area contributed by atoms with Gasteiger partial charge < -0.3 is 20.1 Å². The Morgan fingerprint density at radius 1 is 0.970 bits per heavy atom. The number of anilines is 1. The lowest BCUT2D eigenvalue weighted by molar-refractivity contribution is 0.0696. The number of nitrogen functional groups attached to an aromatic ring is 1. The summed E-state index contributed by atoms with van der Waals surface area (Å²) in [6.45, 7) is 0. The number of carboxylic acid groups (broad SMARTS) is 1. The zero-order valence-electron chi connectivity index (χ0n) is 18.4. The highest BCUT2D eigenvalue weighted by atomic mass is 16.5. The molecule has 0 saturated heterocycles. The number of hydrogen-bond acceptors (Lipinski definition) is 4. The molecule has 33 heavy (non-hydrogen) atoms. The maximum absolute atomic E-state index is 11.7. The topological polar surface area (TPSA) is 90.4 Å². The highest BCUT2D eigenvalue weighted by molar-refractivity contribution is 5.88. The van der Waals surface area contributed by atoms with Crippen molar-refractivity contribution in [2.75, 3.05) is 5.73 Å². The van der Waals surface area contributed by atoms with Gasteiger partial charge in [0.2, 0.25) is 5.95 Å². The minimum absolute atomic E-state index is 0.0958. The van der Waals surface area contributed by atoms with Gasteiger partial charge in [-0.05, 0) is 60.7 Å². The molecule has 3 aromatic carbocycles. The Morgan fingerprint density at radius 2 is 1.76 bits per heavy atom. The second kappa shape index (κ2) is 8.98. The van der Waals surface area contributed by atoms with E-state index in [1.165, 1.54) is 6.42 Å². The molecule has 1 aliphatic rings. The van der Waals surface area contributed by atoms with Crippen LogP contribution in [0.3, 0.4) is 0 Å². The van der Waals surface area contributed by atoms with E-state index in [0.29, 0.717) is 17.6 Å². The number of imidazole rings is 1. The molecule has 0 radical (unpaired) electrons. The largest absolute Gasteiger partial charge is 0.478 e. The van der Waals surface area contributed by atoms with Gasteiger partial charge in [-0.3, -0.25) is 0 Å². The van der Waals surface area contributed by atoms with Gasteiger partial charge >= 0.3 is 5.97 Å². The first-order valence-corrected chi connectivity index (χ1v) is 11.4. The molecule has 3 N–H and O–H groups in total. The van der Waals surface area contributed by atoms with Crippen LogP contribution in [0.15, 0.2) is 72.8 Å². The minimum atomic E-state index is -0.929. The third kappa shape index (κ3) is 4.29. The normalized spacial score (nSPS) is 15.4. The lowest BCUT2D eigenvalue weighted by atomic mass is 9.80. The number of hydrogen-bond donors (Lipinski definition) is 2. The zero-order chi connectivity index (χ0) is 22.8. The summed E-state index contributed by atoms with van der Waals surface area (Å²) in [4.78, 5) is 16.3. The standard InChI is InChI=1S/C27H27N3O3/c28-27-29-23-15-14-22(33-21-12-5-2-6-13-21)17-24(23)30(27)25(18-8-3-1-4-9-18)19-10-7-11-20(16-19)26(31)32/h2,5-7,10-18,25H,1,3-4,8-9H2,(H2,28,29)(H,31,32). The summed E-state index contributed by atoms with van der Waals surface area (Å²) in [6.07, 6.45) is 5.69. The maximum atomic E-state index is 11.7. The summed E-state index contributed by atoms with van der Waals surface area (Å²) in [5.74, 6) is 1.31. The molecule has 168 valence electrons. The molecular weight excluding hydrogens is 414 g/mol. The van der Waals surface area contributed by atoms with Gasteiger partial charge in [0.1, 0.15) is 11.5 Å². The highest BCUT2D eigenvalue weighted by Gasteiger charge is 2.30. The Morgan fingerprint density at radius 3 is 2.52 bits per heavy atom. The molecule has 1 heterocycles. The van der Waals surface area contributed by atoms with E-state index in [9.17, 15) is 9.90 Å². The predicted octanol–water partition coefficient (Wildman–Crippen LogP) is 6.28. The van der Waals surface area contributed by atoms with Crippen molar-refractivity contribution in [3.05, 3.63) is 83.9 Å². The number of fused-ring (bicyclic) bond motifs is 1. The number of aromatic carboxylic acids is 1. The van der Waals surface area contributed by atoms with Crippen LogP contribution in [0.5, 0.6) is 11.5 Å². The van der Waals surface area contributed by atoms with E-state index in [2.05, 4.69) is 9.55 Å². The molecule has 1 atom stereocenters. The summed E-state index contributed by atoms with van der Waals surface area (Å²) in [7, 11) is 0. The van der Waals surface area contributed by atoms with Crippen LogP contribution in [0.4, 0.5) is 5.95 Å². The molecule has 0 amide bonds. The van der Waals surface area contributed by atoms with Crippen molar-refractivity contribution in [1.29, 1.82) is 0 Å². The number of carbonyl (C=O) groups is 1. The first-order chi connectivity index (χ1) is 16.1. The Balaban J connectivity index is 1.63. The molecule has 6 heteroatoms. The number of aromatic nitrogens is 2. The number of ether oxygens (including phenoxy) is 1. The van der Waals surface area contributed by atoms with Crippen LogP contribution in [0.2, 0.25) is 0 Å². The zero-order valence-corrected chi connectivity index (χ0v) is 18.4. The number of benzene rings is 3. The molecule has 1 aromatic heterocycles. The number of para-hydroxylation sites is 1. The van der Waals surface area contributed by atoms with Crippen molar-refractivity contribution in [2.24, 2.45) is 5.92 Å². The van der Waals surface area contributed by atoms with Crippen LogP contribution in [-0.2, 0) is 0 Å². The smallest absolute Gasteiger partial charge is 0.335 e. The SMILES string of the molecule is Nc1nc2ccc(Oc3ccccc3)cc2n1C(c1cccc(C(=O)O)c1)C1CCCCC1. The Labute approximate surface area is 192 Å². The second-order valence-electron chi connectivity index (χ2n) is 8.68. The Kier molecular flexibility index (Phi) is 5.73. The summed E-state index contributed by atoms with van der Waals surface area (Å²) in [5.41, 5.74) is 9.40. The van der Waals surface area contributed by atoms with Gasteiger partial charge in [-0.2, -0.15) is 0 Å². The summed E-state index contributed by atoms with van der Waals surface area (Å²) >= 11 is 0. The first kappa shape index (κ1) is 21.1. The van der Waals surface area contributed by atoms with Crippen LogP contribution >= 0.6 is 0 Å².